The van der Waals surface area contributed by atoms with Crippen molar-refractivity contribution in [2.45, 2.75) is 25.9 Å². The van der Waals surface area contributed by atoms with Crippen molar-refractivity contribution in [3.05, 3.63) is 92.4 Å². The number of ether oxygens (including phenoxy) is 1. The van der Waals surface area contributed by atoms with E-state index < -0.39 is 16.9 Å². The lowest BCUT2D eigenvalue weighted by Gasteiger charge is -2.36. The van der Waals surface area contributed by atoms with Crippen LogP contribution >= 0.6 is 11.8 Å². The number of nitro groups is 1. The largest absolute Gasteiger partial charge is 0.466 e. The summed E-state index contributed by atoms with van der Waals surface area (Å²) in [4.78, 5) is 46.4. The summed E-state index contributed by atoms with van der Waals surface area (Å²) in [5, 5.41) is 16.4. The Bertz CT molecular complexity index is 1220. The molecule has 1 amide bonds. The van der Waals surface area contributed by atoms with Crippen molar-refractivity contribution < 1.29 is 19.2 Å². The summed E-state index contributed by atoms with van der Waals surface area (Å²) in [5.74, 6) is -0.750. The van der Waals surface area contributed by atoms with Gasteiger partial charge in [-0.05, 0) is 47.7 Å². The number of amidine groups is 1. The van der Waals surface area contributed by atoms with Crippen molar-refractivity contribution in [1.82, 2.24) is 15.2 Å². The molecule has 0 saturated heterocycles. The number of fused-ring (bicyclic) bond motifs is 1. The van der Waals surface area contributed by atoms with Gasteiger partial charge in [-0.15, -0.1) is 0 Å². The Labute approximate surface area is 199 Å². The summed E-state index contributed by atoms with van der Waals surface area (Å²) < 4.78 is 5.01. The van der Waals surface area contributed by atoms with Gasteiger partial charge < -0.3 is 15.0 Å². The third-order valence-electron chi connectivity index (χ3n) is 5.41. The molecule has 1 aromatic carbocycles. The van der Waals surface area contributed by atoms with Gasteiger partial charge in [-0.3, -0.25) is 19.9 Å². The van der Waals surface area contributed by atoms with Crippen molar-refractivity contribution in [3.63, 3.8) is 0 Å². The minimum absolute atomic E-state index is 0.0594. The second-order valence-electron chi connectivity index (χ2n) is 7.54. The highest BCUT2D eigenvalue weighted by atomic mass is 32.2. The average Bonchev–Trinajstić information content (AvgIpc) is 3.23. The predicted molar refractivity (Wildman–Crippen MR) is 126 cm³/mol. The van der Waals surface area contributed by atoms with E-state index >= 15 is 0 Å². The van der Waals surface area contributed by atoms with Crippen LogP contribution < -0.4 is 5.32 Å². The number of nitrogens with zero attached hydrogens (tertiary/aromatic N) is 4. The van der Waals surface area contributed by atoms with E-state index in [0.717, 1.165) is 5.56 Å². The number of hydrogen-bond donors (Lipinski definition) is 1. The lowest BCUT2D eigenvalue weighted by Crippen LogP contribution is -2.37. The first-order valence-electron chi connectivity index (χ1n) is 10.3. The number of carbonyl (C=O) groups excluding carboxylic acids is 2. The number of hydrogen-bond acceptors (Lipinski definition) is 9. The molecule has 4 rings (SSSR count). The molecule has 3 heterocycles. The molecule has 1 aromatic heterocycles. The highest BCUT2D eigenvalue weighted by Crippen LogP contribution is 2.45. The Balaban J connectivity index is 1.62. The molecule has 174 valence electrons. The molecule has 10 nitrogen and oxygen atoms in total. The highest BCUT2D eigenvalue weighted by Gasteiger charge is 2.41. The number of aliphatic imine (C=N–C) groups is 1. The molecule has 2 aromatic rings. The van der Waals surface area contributed by atoms with Crippen LogP contribution in [-0.2, 0) is 20.9 Å². The lowest BCUT2D eigenvalue weighted by molar-refractivity contribution is -0.384. The van der Waals surface area contributed by atoms with Crippen LogP contribution in [0.15, 0.2) is 76.2 Å². The first-order chi connectivity index (χ1) is 16.4. The molecule has 1 unspecified atom stereocenters. The Kier molecular flexibility index (Phi) is 6.73. The van der Waals surface area contributed by atoms with Crippen LogP contribution in [-0.4, -0.2) is 39.0 Å². The second kappa shape index (κ2) is 9.87. The zero-order chi connectivity index (χ0) is 24.2. The molecule has 0 radical (unpaired) electrons. The van der Waals surface area contributed by atoms with Crippen LogP contribution in [0.1, 0.15) is 30.5 Å². The van der Waals surface area contributed by atoms with Crippen LogP contribution in [0, 0.1) is 10.1 Å². The number of amides is 1. The van der Waals surface area contributed by atoms with Crippen LogP contribution in [0.4, 0.5) is 5.69 Å². The first kappa shape index (κ1) is 23.2. The van der Waals surface area contributed by atoms with E-state index in [0.29, 0.717) is 34.2 Å². The number of methoxy groups -OCH3 is 1. The number of nitro benzene ring substituents is 1. The van der Waals surface area contributed by atoms with Gasteiger partial charge in [0, 0.05) is 36.8 Å². The number of nitrogens with one attached hydrogen (secondary N) is 1. The topological polar surface area (TPSA) is 127 Å². The van der Waals surface area contributed by atoms with Gasteiger partial charge in [-0.25, -0.2) is 9.79 Å². The van der Waals surface area contributed by atoms with Crippen LogP contribution in [0.3, 0.4) is 0 Å². The minimum atomic E-state index is -0.644. The van der Waals surface area contributed by atoms with E-state index in [4.69, 9.17) is 4.74 Å². The molecule has 0 fully saturated rings. The monoisotopic (exact) mass is 479 g/mol. The van der Waals surface area contributed by atoms with Crippen molar-refractivity contribution >= 4 is 34.5 Å². The molecule has 1 N–H and O–H groups in total. The summed E-state index contributed by atoms with van der Waals surface area (Å²) >= 11 is 1.35. The highest BCUT2D eigenvalue weighted by molar-refractivity contribution is 8.16. The Morgan fingerprint density at radius 1 is 1.21 bits per heavy atom. The molecule has 0 saturated carbocycles. The third-order valence-corrected chi connectivity index (χ3v) is 6.30. The summed E-state index contributed by atoms with van der Waals surface area (Å²) in [7, 11) is 1.29. The molecular weight excluding hydrogens is 458 g/mol. The van der Waals surface area contributed by atoms with Crippen LogP contribution in [0.25, 0.3) is 0 Å². The van der Waals surface area contributed by atoms with Gasteiger partial charge in [0.2, 0.25) is 5.91 Å². The summed E-state index contributed by atoms with van der Waals surface area (Å²) in [5.41, 5.74) is 2.97. The van der Waals surface area contributed by atoms with Gasteiger partial charge in [0.05, 0.1) is 35.8 Å². The molecule has 2 aliphatic rings. The van der Waals surface area contributed by atoms with E-state index in [2.05, 4.69) is 15.3 Å². The summed E-state index contributed by atoms with van der Waals surface area (Å²) in [6.45, 7) is 2.08. The number of thioether (sulfide) groups is 1. The fourth-order valence-corrected chi connectivity index (χ4v) is 4.73. The number of allylic oxidation sites excluding steroid dienone is 1. The SMILES string of the molecule is COC(=O)C1=C(C)N=C2SC=C(CC(=O)NCc3ccncc3)N2C1c1ccc([N+](=O)[O-])cc1. The molecule has 1 atom stereocenters. The van der Waals surface area contributed by atoms with E-state index in [1.54, 1.807) is 31.5 Å². The van der Waals surface area contributed by atoms with Gasteiger partial charge in [0.15, 0.2) is 5.17 Å². The summed E-state index contributed by atoms with van der Waals surface area (Å²) in [6, 6.07) is 8.98. The Morgan fingerprint density at radius 3 is 2.56 bits per heavy atom. The summed E-state index contributed by atoms with van der Waals surface area (Å²) in [6.07, 6.45) is 3.38. The van der Waals surface area contributed by atoms with Gasteiger partial charge in [-0.1, -0.05) is 11.8 Å². The average molecular weight is 480 g/mol. The molecular formula is C23H21N5O5S. The zero-order valence-electron chi connectivity index (χ0n) is 18.4. The molecule has 0 bridgehead atoms. The van der Waals surface area contributed by atoms with Crippen LogP contribution in [0.5, 0.6) is 0 Å². The number of esters is 1. The van der Waals surface area contributed by atoms with Crippen molar-refractivity contribution in [1.29, 1.82) is 0 Å². The minimum Gasteiger partial charge on any atom is -0.466 e. The Morgan fingerprint density at radius 2 is 1.91 bits per heavy atom. The van der Waals surface area contributed by atoms with E-state index in [-0.39, 0.29) is 18.0 Å². The van der Waals surface area contributed by atoms with E-state index in [1.165, 1.54) is 31.0 Å². The van der Waals surface area contributed by atoms with E-state index in [9.17, 15) is 19.7 Å². The van der Waals surface area contributed by atoms with Gasteiger partial charge in [-0.2, -0.15) is 0 Å². The third kappa shape index (κ3) is 4.69. The van der Waals surface area contributed by atoms with Gasteiger partial charge in [0.1, 0.15) is 0 Å². The number of non-ortho nitro benzene ring substituents is 1. The van der Waals surface area contributed by atoms with E-state index in [1.807, 2.05) is 22.4 Å². The smallest absolute Gasteiger partial charge is 0.338 e. The van der Waals surface area contributed by atoms with Crippen LogP contribution in [0.2, 0.25) is 0 Å². The lowest BCUT2D eigenvalue weighted by atomic mass is 9.93. The van der Waals surface area contributed by atoms with Crippen molar-refractivity contribution in [3.8, 4) is 0 Å². The molecule has 0 spiro atoms. The fraction of sp³-hybridized carbons (Fsp3) is 0.217. The van der Waals surface area contributed by atoms with Gasteiger partial charge >= 0.3 is 5.97 Å². The maximum atomic E-state index is 12.7. The standard InChI is InChI=1S/C23H21N5O5S/c1-14-20(22(30)33-2)21(16-3-5-17(6-4-16)28(31)32)27-18(13-34-23(27)26-14)11-19(29)25-12-15-7-9-24-10-8-15/h3-10,13,21H,11-12H2,1-2H3,(H,25,29). The number of aromatic nitrogens is 1. The molecule has 34 heavy (non-hydrogen) atoms. The Hall–Kier alpha value is -3.99. The number of benzene rings is 1. The number of pyridine rings is 1. The number of carbonyl (C=O) groups is 2. The van der Waals surface area contributed by atoms with Crippen molar-refractivity contribution in [2.24, 2.45) is 4.99 Å². The predicted octanol–water partition coefficient (Wildman–Crippen LogP) is 3.44. The number of rotatable bonds is 7. The fourth-order valence-electron chi connectivity index (χ4n) is 3.76. The zero-order valence-corrected chi connectivity index (χ0v) is 19.2. The van der Waals surface area contributed by atoms with Gasteiger partial charge in [0.25, 0.3) is 5.69 Å². The normalized spacial score (nSPS) is 17.0. The maximum Gasteiger partial charge on any atom is 0.338 e. The molecule has 11 heteroatoms. The quantitative estimate of drug-likeness (QED) is 0.363. The first-order valence-corrected chi connectivity index (χ1v) is 11.2. The second-order valence-corrected chi connectivity index (χ2v) is 8.38. The molecule has 0 aliphatic carbocycles. The molecule has 2 aliphatic heterocycles. The maximum absolute atomic E-state index is 12.7. The van der Waals surface area contributed by atoms with Crippen molar-refractivity contribution in [2.75, 3.05) is 7.11 Å².